The number of anilines is 1. The van der Waals surface area contributed by atoms with E-state index in [9.17, 15) is 19.9 Å². The molecule has 0 saturated carbocycles. The van der Waals surface area contributed by atoms with Crippen molar-refractivity contribution in [1.82, 2.24) is 15.2 Å². The smallest absolute Gasteiger partial charge is 0.863 e. The van der Waals surface area contributed by atoms with Crippen molar-refractivity contribution in [3.63, 3.8) is 0 Å². The van der Waals surface area contributed by atoms with Crippen LogP contribution >= 0.6 is 35.3 Å². The van der Waals surface area contributed by atoms with Gasteiger partial charge in [-0.2, -0.15) is 0 Å². The third-order valence-electron chi connectivity index (χ3n) is 5.35. The Kier molecular flexibility index (Phi) is 8.58. The van der Waals surface area contributed by atoms with Crippen molar-refractivity contribution in [3.8, 4) is 0 Å². The van der Waals surface area contributed by atoms with Crippen molar-refractivity contribution in [2.24, 2.45) is 5.16 Å². The van der Waals surface area contributed by atoms with Crippen LogP contribution < -0.4 is 45.7 Å². The van der Waals surface area contributed by atoms with Gasteiger partial charge in [-0.25, -0.2) is 4.98 Å². The molecule has 1 aromatic heterocycles. The number of nitrogens with two attached hydrogens (primary N) is 1. The van der Waals surface area contributed by atoms with Gasteiger partial charge < -0.3 is 26.1 Å². The largest absolute Gasteiger partial charge is 1.00 e. The van der Waals surface area contributed by atoms with Crippen molar-refractivity contribution in [2.75, 3.05) is 18.1 Å². The van der Waals surface area contributed by atoms with Crippen LogP contribution in [0.1, 0.15) is 31.4 Å². The first-order chi connectivity index (χ1) is 14.9. The molecular formula is C18H20N5NaO5S3. The fraction of sp³-hybridized carbons (Fsp3) is 0.500. The van der Waals surface area contributed by atoms with Crippen LogP contribution in [-0.4, -0.2) is 67.5 Å². The van der Waals surface area contributed by atoms with Crippen molar-refractivity contribution in [2.45, 2.75) is 43.2 Å². The van der Waals surface area contributed by atoms with E-state index in [-0.39, 0.29) is 57.9 Å². The minimum atomic E-state index is -0.873. The number of nitrogens with one attached hydrogen (secondary N) is 1. The van der Waals surface area contributed by atoms with Gasteiger partial charge in [0, 0.05) is 23.4 Å². The molecule has 0 aromatic carbocycles. The molecule has 0 radical (unpaired) electrons. The average Bonchev–Trinajstić information content (AvgIpc) is 3.18. The fourth-order valence-corrected chi connectivity index (χ4v) is 6.04. The van der Waals surface area contributed by atoms with Gasteiger partial charge >= 0.3 is 29.6 Å². The maximum absolute atomic E-state index is 12.8. The van der Waals surface area contributed by atoms with Gasteiger partial charge in [-0.05, 0) is 36.3 Å². The van der Waals surface area contributed by atoms with Crippen molar-refractivity contribution in [3.05, 3.63) is 22.3 Å². The Hall–Kier alpha value is -1.22. The van der Waals surface area contributed by atoms with Crippen LogP contribution in [-0.2, 0) is 14.3 Å². The number of ether oxygens (including phenoxy) is 1. The second kappa shape index (κ2) is 10.8. The van der Waals surface area contributed by atoms with Crippen LogP contribution in [0.2, 0.25) is 0 Å². The number of carbonyl (C=O) groups excluding carboxylic acids is 2. The van der Waals surface area contributed by atoms with E-state index >= 15 is 0 Å². The predicted molar refractivity (Wildman–Crippen MR) is 118 cm³/mol. The zero-order chi connectivity index (χ0) is 22.1. The fourth-order valence-electron chi connectivity index (χ4n) is 3.89. The first-order valence-corrected chi connectivity index (χ1v) is 12.0. The van der Waals surface area contributed by atoms with E-state index < -0.39 is 28.3 Å². The summed E-state index contributed by atoms with van der Waals surface area (Å²) >= 11 is 7.45. The molecule has 32 heavy (non-hydrogen) atoms. The van der Waals surface area contributed by atoms with E-state index in [1.807, 2.05) is 0 Å². The number of carbonyl (C=O) groups is 2. The monoisotopic (exact) mass is 505 g/mol. The summed E-state index contributed by atoms with van der Waals surface area (Å²) in [6, 6.07) is -0.873. The van der Waals surface area contributed by atoms with Gasteiger partial charge in [0.25, 0.3) is 11.8 Å². The molecule has 14 heteroatoms. The van der Waals surface area contributed by atoms with Crippen LogP contribution in [0, 0.1) is 0 Å². The molecule has 2 unspecified atom stereocenters. The second-order valence-corrected chi connectivity index (χ2v) is 9.68. The van der Waals surface area contributed by atoms with E-state index in [1.54, 1.807) is 0 Å². The molecule has 3 atom stereocenters. The number of hydrogen-bond donors (Lipinski definition) is 3. The van der Waals surface area contributed by atoms with Crippen LogP contribution in [0.25, 0.3) is 0 Å². The summed E-state index contributed by atoms with van der Waals surface area (Å²) in [6.45, 7) is 0.695. The van der Waals surface area contributed by atoms with Gasteiger partial charge in [0.1, 0.15) is 17.1 Å². The number of amides is 2. The zero-order valence-corrected chi connectivity index (χ0v) is 21.7. The van der Waals surface area contributed by atoms with Crippen LogP contribution in [0.4, 0.5) is 5.13 Å². The number of aromatic nitrogens is 1. The van der Waals surface area contributed by atoms with Gasteiger partial charge in [-0.1, -0.05) is 17.4 Å². The van der Waals surface area contributed by atoms with E-state index in [0.29, 0.717) is 18.8 Å². The third kappa shape index (κ3) is 4.98. The molecule has 2 fully saturated rings. The number of nitrogen functional groups attached to an aromatic ring is 1. The average molecular weight is 506 g/mol. The zero-order valence-electron chi connectivity index (χ0n) is 17.3. The molecule has 166 valence electrons. The van der Waals surface area contributed by atoms with E-state index in [2.05, 4.69) is 15.5 Å². The number of fused-ring (bicyclic) bond motifs is 1. The molecule has 2 amide bonds. The summed E-state index contributed by atoms with van der Waals surface area (Å²) in [6.07, 6.45) is 3.59. The molecule has 0 spiro atoms. The number of β-lactam (4-membered cyclic amide) rings is 1. The van der Waals surface area contributed by atoms with Crippen molar-refractivity contribution >= 4 is 63.0 Å². The quantitative estimate of drug-likeness (QED) is 0.0930. The maximum Gasteiger partial charge on any atom is 1.00 e. The van der Waals surface area contributed by atoms with Crippen LogP contribution in [0.15, 0.2) is 21.8 Å². The van der Waals surface area contributed by atoms with Gasteiger partial charge in [-0.15, -0.1) is 23.1 Å². The Balaban J connectivity index is 0.00000289. The molecule has 4 heterocycles. The normalized spacial score (nSPS) is 25.5. The number of nitrogens with zero attached hydrogens (tertiary/aromatic N) is 3. The van der Waals surface area contributed by atoms with Gasteiger partial charge in [0.2, 0.25) is 0 Å². The molecule has 0 bridgehead atoms. The minimum Gasteiger partial charge on any atom is -0.863 e. The Morgan fingerprint density at radius 2 is 2.28 bits per heavy atom. The molecule has 2 saturated heterocycles. The molecule has 1 aromatic rings. The van der Waals surface area contributed by atoms with Crippen molar-refractivity contribution < 1.29 is 54.2 Å². The predicted octanol–water partition coefficient (Wildman–Crippen LogP) is -2.79. The molecule has 4 rings (SSSR count). The number of thioether (sulfide) groups is 1. The summed E-state index contributed by atoms with van der Waals surface area (Å²) < 4.78 is 5.77. The molecule has 0 aliphatic carbocycles. The summed E-state index contributed by atoms with van der Waals surface area (Å²) in [5.74, 6) is -0.680. The summed E-state index contributed by atoms with van der Waals surface area (Å²) in [5.41, 5.74) is 6.37. The van der Waals surface area contributed by atoms with Crippen molar-refractivity contribution in [1.29, 1.82) is 0 Å². The Morgan fingerprint density at radius 1 is 1.50 bits per heavy atom. The van der Waals surface area contributed by atoms with Crippen LogP contribution in [0.5, 0.6) is 0 Å². The topological polar surface area (TPSA) is 153 Å². The standard InChI is InChI=1S/C18H21N5O5S3.Na/c19-18-20-10(7-31-18)11(22-27)14(24)21-12-15(25)23-13(17(26)29)8(6-30-16(12)23)5-9-3-1-2-4-28-9;/h7,9,12,16,27H,1-6H2,(H2,19,20)(H,21,24)(H,26,29);/q;+1/p-1/b22-11+;/t9?,12?,16-;/m1./s1. The summed E-state index contributed by atoms with van der Waals surface area (Å²) in [4.78, 5) is 30.7. The number of oxime groups is 1. The van der Waals surface area contributed by atoms with E-state index in [0.717, 1.165) is 36.2 Å². The third-order valence-corrected chi connectivity index (χ3v) is 7.56. The Bertz CT molecular complexity index is 978. The Labute approximate surface area is 219 Å². The SMILES string of the molecule is Nc1nc(/C(=N\O)C(=O)NC2C(=O)N3C(C([O-])=S)=C(CC4CCCCO4)CS[C@H]23)cs1.[Na+]. The number of thiocarbonyl (C=S) groups is 1. The molecule has 3 aliphatic rings. The minimum absolute atomic E-state index is 0. The molecule has 10 nitrogen and oxygen atoms in total. The maximum atomic E-state index is 12.8. The summed E-state index contributed by atoms with van der Waals surface area (Å²) in [7, 11) is 0. The number of thiazole rings is 1. The summed E-state index contributed by atoms with van der Waals surface area (Å²) in [5, 5.41) is 27.7. The number of hydrogen-bond acceptors (Lipinski definition) is 11. The molecule has 4 N–H and O–H groups in total. The first-order valence-electron chi connectivity index (χ1n) is 9.64. The van der Waals surface area contributed by atoms with E-state index in [1.165, 1.54) is 22.0 Å². The second-order valence-electron chi connectivity index (χ2n) is 7.31. The molecule has 3 aliphatic heterocycles. The first kappa shape index (κ1) is 25.4. The van der Waals surface area contributed by atoms with E-state index in [4.69, 9.17) is 22.7 Å². The van der Waals surface area contributed by atoms with Crippen LogP contribution in [0.3, 0.4) is 0 Å². The van der Waals surface area contributed by atoms with Gasteiger partial charge in [0.05, 0.1) is 6.10 Å². The molecular weight excluding hydrogens is 485 g/mol. The number of rotatable bonds is 6. The van der Waals surface area contributed by atoms with Gasteiger partial charge in [0.15, 0.2) is 10.8 Å². The Morgan fingerprint density at radius 3 is 2.88 bits per heavy atom. The van der Waals surface area contributed by atoms with Gasteiger partial charge in [-0.3, -0.25) is 14.5 Å².